The number of rotatable bonds is 7. The molecule has 2 aliphatic rings. The van der Waals surface area contributed by atoms with Gasteiger partial charge in [-0.1, -0.05) is 0 Å². The maximum absolute atomic E-state index is 13.4. The second-order valence-electron chi connectivity index (χ2n) is 8.03. The van der Waals surface area contributed by atoms with Crippen LogP contribution in [0.3, 0.4) is 0 Å². The van der Waals surface area contributed by atoms with Gasteiger partial charge in [-0.3, -0.25) is 19.2 Å². The molecule has 0 spiro atoms. The fourth-order valence-corrected chi connectivity index (χ4v) is 4.03. The van der Waals surface area contributed by atoms with E-state index in [1.54, 1.807) is 42.5 Å². The molecule has 1 aliphatic carbocycles. The van der Waals surface area contributed by atoms with Gasteiger partial charge in [0.05, 0.1) is 26.3 Å². The van der Waals surface area contributed by atoms with Crippen molar-refractivity contribution in [3.8, 4) is 11.5 Å². The van der Waals surface area contributed by atoms with E-state index in [0.717, 1.165) is 17.7 Å². The molecule has 1 saturated heterocycles. The fraction of sp³-hybridized carbons (Fsp3) is 0.333. The van der Waals surface area contributed by atoms with Crippen LogP contribution in [-0.4, -0.2) is 54.8 Å². The smallest absolute Gasteiger partial charge is 0.257 e. The first-order chi connectivity index (χ1) is 15.8. The predicted molar refractivity (Wildman–Crippen MR) is 120 cm³/mol. The quantitative estimate of drug-likeness (QED) is 0.649. The maximum Gasteiger partial charge on any atom is 0.257 e. The van der Waals surface area contributed by atoms with E-state index in [1.165, 1.54) is 26.0 Å². The highest BCUT2D eigenvalue weighted by molar-refractivity contribution is 6.23. The van der Waals surface area contributed by atoms with Gasteiger partial charge in [0.2, 0.25) is 11.8 Å². The standard InChI is InChI=1S/C24H25N3O6/c1-14(28)25-16-5-7-18(8-6-16)27-22(29)13-19(24(27)31)26(17-9-10-17)23(30)15-4-11-20(32-2)21(12-15)33-3/h4-8,11-12,17,19H,9-10,13H2,1-3H3,(H,25,28). The number of nitrogens with zero attached hydrogens (tertiary/aromatic N) is 2. The Morgan fingerprint density at radius 2 is 1.67 bits per heavy atom. The van der Waals surface area contributed by atoms with Crippen LogP contribution >= 0.6 is 0 Å². The van der Waals surface area contributed by atoms with E-state index in [1.807, 2.05) is 0 Å². The Morgan fingerprint density at radius 1 is 1.00 bits per heavy atom. The summed E-state index contributed by atoms with van der Waals surface area (Å²) in [5.74, 6) is -0.449. The average Bonchev–Trinajstić information content (AvgIpc) is 3.59. The molecule has 0 aromatic heterocycles. The van der Waals surface area contributed by atoms with Crippen molar-refractivity contribution in [1.29, 1.82) is 0 Å². The first-order valence-corrected chi connectivity index (χ1v) is 10.6. The zero-order valence-electron chi connectivity index (χ0n) is 18.7. The van der Waals surface area contributed by atoms with Crippen molar-refractivity contribution in [3.63, 3.8) is 0 Å². The predicted octanol–water partition coefficient (Wildman–Crippen LogP) is 2.60. The minimum absolute atomic E-state index is 0.0815. The van der Waals surface area contributed by atoms with E-state index in [0.29, 0.717) is 28.4 Å². The number of carbonyl (C=O) groups is 4. The second kappa shape index (κ2) is 8.93. The molecule has 1 unspecified atom stereocenters. The van der Waals surface area contributed by atoms with E-state index in [-0.39, 0.29) is 30.2 Å². The molecular weight excluding hydrogens is 426 g/mol. The summed E-state index contributed by atoms with van der Waals surface area (Å²) in [5.41, 5.74) is 1.32. The molecule has 172 valence electrons. The van der Waals surface area contributed by atoms with E-state index in [2.05, 4.69) is 5.32 Å². The van der Waals surface area contributed by atoms with E-state index < -0.39 is 11.9 Å². The van der Waals surface area contributed by atoms with Crippen LogP contribution in [0.25, 0.3) is 0 Å². The number of benzene rings is 2. The molecule has 9 nitrogen and oxygen atoms in total. The number of nitrogens with one attached hydrogen (secondary N) is 1. The van der Waals surface area contributed by atoms with Gasteiger partial charge in [0.1, 0.15) is 6.04 Å². The van der Waals surface area contributed by atoms with Crippen molar-refractivity contribution in [2.24, 2.45) is 0 Å². The lowest BCUT2D eigenvalue weighted by Crippen LogP contribution is -2.46. The van der Waals surface area contributed by atoms with Gasteiger partial charge in [-0.05, 0) is 55.3 Å². The highest BCUT2D eigenvalue weighted by Gasteiger charge is 2.49. The Labute approximate surface area is 191 Å². The van der Waals surface area contributed by atoms with Crippen LogP contribution in [-0.2, 0) is 14.4 Å². The highest BCUT2D eigenvalue weighted by Crippen LogP contribution is 2.36. The molecule has 9 heteroatoms. The minimum atomic E-state index is -0.874. The summed E-state index contributed by atoms with van der Waals surface area (Å²) in [6.45, 7) is 1.40. The van der Waals surface area contributed by atoms with Crippen molar-refractivity contribution < 1.29 is 28.7 Å². The van der Waals surface area contributed by atoms with Crippen LogP contribution < -0.4 is 19.7 Å². The molecule has 4 amide bonds. The summed E-state index contributed by atoms with van der Waals surface area (Å²) in [4.78, 5) is 53.4. The van der Waals surface area contributed by atoms with Gasteiger partial charge in [-0.25, -0.2) is 4.90 Å². The molecule has 2 fully saturated rings. The lowest BCUT2D eigenvalue weighted by molar-refractivity contribution is -0.122. The van der Waals surface area contributed by atoms with Crippen LogP contribution in [0.1, 0.15) is 36.5 Å². The zero-order valence-corrected chi connectivity index (χ0v) is 18.7. The summed E-state index contributed by atoms with van der Waals surface area (Å²) >= 11 is 0. The Morgan fingerprint density at radius 3 is 2.24 bits per heavy atom. The lowest BCUT2D eigenvalue weighted by atomic mass is 10.1. The minimum Gasteiger partial charge on any atom is -0.493 e. The Balaban J connectivity index is 1.59. The van der Waals surface area contributed by atoms with Crippen LogP contribution in [0.4, 0.5) is 11.4 Å². The molecular formula is C24H25N3O6. The molecule has 1 atom stereocenters. The lowest BCUT2D eigenvalue weighted by Gasteiger charge is -2.28. The first kappa shape index (κ1) is 22.3. The number of methoxy groups -OCH3 is 2. The molecule has 1 N–H and O–H groups in total. The number of imide groups is 1. The van der Waals surface area contributed by atoms with Crippen molar-refractivity contribution in [2.75, 3.05) is 24.4 Å². The van der Waals surface area contributed by atoms with Crippen LogP contribution in [0.5, 0.6) is 11.5 Å². The SMILES string of the molecule is COc1ccc(C(=O)N(C2CC2)C2CC(=O)N(c3ccc(NC(C)=O)cc3)C2=O)cc1OC. The average molecular weight is 451 g/mol. The Hall–Kier alpha value is -3.88. The number of hydrogen-bond donors (Lipinski definition) is 1. The Bertz CT molecular complexity index is 1110. The van der Waals surface area contributed by atoms with Gasteiger partial charge in [0.25, 0.3) is 11.8 Å². The third-order valence-corrected chi connectivity index (χ3v) is 5.71. The number of hydrogen-bond acceptors (Lipinski definition) is 6. The summed E-state index contributed by atoms with van der Waals surface area (Å²) in [5, 5.41) is 2.65. The zero-order chi connectivity index (χ0) is 23.7. The summed E-state index contributed by atoms with van der Waals surface area (Å²) in [7, 11) is 3.00. The van der Waals surface area contributed by atoms with Gasteiger partial charge in [-0.2, -0.15) is 0 Å². The van der Waals surface area contributed by atoms with Crippen molar-refractivity contribution in [1.82, 2.24) is 4.90 Å². The largest absolute Gasteiger partial charge is 0.493 e. The van der Waals surface area contributed by atoms with Gasteiger partial charge in [0, 0.05) is 24.2 Å². The molecule has 1 saturated carbocycles. The topological polar surface area (TPSA) is 105 Å². The van der Waals surface area contributed by atoms with E-state index in [4.69, 9.17) is 9.47 Å². The van der Waals surface area contributed by atoms with E-state index >= 15 is 0 Å². The number of carbonyl (C=O) groups excluding carboxylic acids is 4. The molecule has 1 heterocycles. The summed E-state index contributed by atoms with van der Waals surface area (Å²) in [6.07, 6.45) is 1.48. The van der Waals surface area contributed by atoms with Gasteiger partial charge in [0.15, 0.2) is 11.5 Å². The first-order valence-electron chi connectivity index (χ1n) is 10.6. The second-order valence-corrected chi connectivity index (χ2v) is 8.03. The molecule has 1 aliphatic heterocycles. The maximum atomic E-state index is 13.4. The monoisotopic (exact) mass is 451 g/mol. The van der Waals surface area contributed by atoms with Crippen LogP contribution in [0, 0.1) is 0 Å². The van der Waals surface area contributed by atoms with E-state index in [9.17, 15) is 19.2 Å². The van der Waals surface area contributed by atoms with Crippen molar-refractivity contribution in [3.05, 3.63) is 48.0 Å². The molecule has 2 aromatic rings. The normalized spacial score (nSPS) is 17.7. The molecule has 2 aromatic carbocycles. The number of amides is 4. The van der Waals surface area contributed by atoms with Gasteiger partial charge < -0.3 is 19.7 Å². The highest BCUT2D eigenvalue weighted by atomic mass is 16.5. The van der Waals surface area contributed by atoms with Crippen molar-refractivity contribution in [2.45, 2.75) is 38.3 Å². The number of ether oxygens (including phenoxy) is 2. The van der Waals surface area contributed by atoms with Crippen molar-refractivity contribution >= 4 is 35.0 Å². The third-order valence-electron chi connectivity index (χ3n) is 5.71. The summed E-state index contributed by atoms with van der Waals surface area (Å²) in [6, 6.07) is 10.3. The molecule has 0 radical (unpaired) electrons. The van der Waals surface area contributed by atoms with Crippen LogP contribution in [0.2, 0.25) is 0 Å². The molecule has 0 bridgehead atoms. The number of anilines is 2. The van der Waals surface area contributed by atoms with Gasteiger partial charge in [-0.15, -0.1) is 0 Å². The van der Waals surface area contributed by atoms with Crippen LogP contribution in [0.15, 0.2) is 42.5 Å². The molecule has 33 heavy (non-hydrogen) atoms. The van der Waals surface area contributed by atoms with Gasteiger partial charge >= 0.3 is 0 Å². The third kappa shape index (κ3) is 4.39. The fourth-order valence-electron chi connectivity index (χ4n) is 4.03. The summed E-state index contributed by atoms with van der Waals surface area (Å²) < 4.78 is 10.5. The Kier molecular flexibility index (Phi) is 6.04. The molecule has 4 rings (SSSR count).